The largest absolute Gasteiger partial charge is 0.401 e. The number of halogens is 4. The zero-order valence-corrected chi connectivity index (χ0v) is 24.5. The van der Waals surface area contributed by atoms with Crippen molar-refractivity contribution < 1.29 is 18.0 Å². The van der Waals surface area contributed by atoms with E-state index in [1.807, 2.05) is 0 Å². The number of hydrogen-bond donors (Lipinski definition) is 3. The number of carbonyl (C=O) groups is 1. The Morgan fingerprint density at radius 2 is 1.98 bits per heavy atom. The fraction of sp³-hybridized carbons (Fsp3) is 0.276. The summed E-state index contributed by atoms with van der Waals surface area (Å²) >= 11 is 6.07. The van der Waals surface area contributed by atoms with Gasteiger partial charge in [0.15, 0.2) is 5.82 Å². The average Bonchev–Trinajstić information content (AvgIpc) is 3.40. The third kappa shape index (κ3) is 6.03. The molecule has 230 valence electrons. The van der Waals surface area contributed by atoms with Gasteiger partial charge in [-0.15, -0.1) is 0 Å². The van der Waals surface area contributed by atoms with Crippen LogP contribution in [-0.2, 0) is 4.79 Å². The third-order valence-corrected chi connectivity index (χ3v) is 7.61. The molecule has 0 saturated heterocycles. The number of anilines is 2. The Morgan fingerprint density at radius 3 is 2.68 bits per heavy atom. The predicted molar refractivity (Wildman–Crippen MR) is 160 cm³/mol. The highest BCUT2D eigenvalue weighted by atomic mass is 35.5. The molecule has 4 aromatic rings. The maximum Gasteiger partial charge on any atom is 0.333 e. The van der Waals surface area contributed by atoms with Crippen LogP contribution in [0.25, 0.3) is 22.5 Å². The monoisotopic (exact) mass is 627 g/mol. The van der Waals surface area contributed by atoms with Gasteiger partial charge in [-0.3, -0.25) is 24.1 Å². The molecular formula is C29H29ClF3N9O2. The Balaban J connectivity index is 1.63. The minimum absolute atomic E-state index is 0.00130. The van der Waals surface area contributed by atoms with E-state index in [0.29, 0.717) is 40.9 Å². The number of hydrogen-bond acceptors (Lipinski definition) is 8. The molecule has 1 amide bonds. The van der Waals surface area contributed by atoms with Gasteiger partial charge in [0.25, 0.3) is 5.56 Å². The fourth-order valence-corrected chi connectivity index (χ4v) is 5.33. The van der Waals surface area contributed by atoms with Crippen LogP contribution in [0.3, 0.4) is 0 Å². The molecule has 0 spiro atoms. The molecular weight excluding hydrogens is 599 g/mol. The number of nitrogens with one attached hydrogen (secondary N) is 1. The lowest BCUT2D eigenvalue weighted by atomic mass is 9.97. The third-order valence-electron chi connectivity index (χ3n) is 7.32. The zero-order valence-electron chi connectivity index (χ0n) is 23.7. The fourth-order valence-electron chi connectivity index (χ4n) is 5.17. The second-order valence-corrected chi connectivity index (χ2v) is 10.9. The van der Waals surface area contributed by atoms with Crippen LogP contribution in [0, 0.1) is 11.7 Å². The molecule has 1 aliphatic rings. The predicted octanol–water partition coefficient (Wildman–Crippen LogP) is 5.20. The van der Waals surface area contributed by atoms with Crippen LogP contribution in [0.2, 0.25) is 5.02 Å². The highest BCUT2D eigenvalue weighted by molar-refractivity contribution is 6.31. The van der Waals surface area contributed by atoms with Gasteiger partial charge in [0.1, 0.15) is 0 Å². The summed E-state index contributed by atoms with van der Waals surface area (Å²) in [6.45, 7) is 0.358. The molecule has 2 bridgehead atoms. The normalized spacial score (nSPS) is 17.5. The number of carbonyl (C=O) groups excluding carboxylic acids is 1. The first kappa shape index (κ1) is 30.8. The van der Waals surface area contributed by atoms with Crippen LogP contribution < -0.4 is 27.5 Å². The first-order valence-corrected chi connectivity index (χ1v) is 14.0. The molecule has 1 aromatic carbocycles. The van der Waals surface area contributed by atoms with E-state index in [2.05, 4.69) is 20.4 Å². The van der Waals surface area contributed by atoms with E-state index >= 15 is 4.39 Å². The minimum Gasteiger partial charge on any atom is -0.401 e. The minimum atomic E-state index is -2.97. The number of amides is 1. The zero-order chi connectivity index (χ0) is 31.7. The van der Waals surface area contributed by atoms with E-state index in [1.54, 1.807) is 19.9 Å². The molecule has 44 heavy (non-hydrogen) atoms. The van der Waals surface area contributed by atoms with E-state index in [9.17, 15) is 18.4 Å². The van der Waals surface area contributed by atoms with E-state index in [-0.39, 0.29) is 39.3 Å². The first-order valence-electron chi connectivity index (χ1n) is 13.6. The van der Waals surface area contributed by atoms with E-state index in [1.165, 1.54) is 47.7 Å². The first-order chi connectivity index (χ1) is 21.0. The quantitative estimate of drug-likeness (QED) is 0.202. The Morgan fingerprint density at radius 1 is 1.20 bits per heavy atom. The maximum absolute atomic E-state index is 15.4. The summed E-state index contributed by atoms with van der Waals surface area (Å²) in [5.74, 6) is 4.47. The van der Waals surface area contributed by atoms with E-state index < -0.39 is 29.9 Å². The number of rotatable bonds is 5. The topological polar surface area (TPSA) is 150 Å². The molecule has 0 fully saturated rings. The molecule has 0 radical (unpaired) electrons. The van der Waals surface area contributed by atoms with Gasteiger partial charge in [-0.05, 0) is 44.0 Å². The standard InChI is InChI=1S/C29H29ClF3N9O2/c1-15-4-3-5-22(19-10-17(8-9-36-19)27-21(39-28(15)44)12-38-42(27)29(32)33)40-14-37-20(11-24(40)43)25-23(41(35)13-16(2)34)7-6-18(30)26(25)31/h6-15,22,29H,3-5,34-35H2,1-2H3,(H,39,44)/b16-13-. The van der Waals surface area contributed by atoms with Gasteiger partial charge in [0.05, 0.1) is 57.6 Å². The lowest BCUT2D eigenvalue weighted by molar-refractivity contribution is -0.119. The number of nitrogens with zero attached hydrogens (tertiary/aromatic N) is 6. The number of fused-ring (bicyclic) bond motifs is 4. The summed E-state index contributed by atoms with van der Waals surface area (Å²) in [6, 6.07) is 6.36. The number of aromatic nitrogens is 5. The van der Waals surface area contributed by atoms with Crippen molar-refractivity contribution in [3.8, 4) is 22.5 Å². The van der Waals surface area contributed by atoms with E-state index in [4.69, 9.17) is 23.2 Å². The van der Waals surface area contributed by atoms with Crippen molar-refractivity contribution in [3.05, 3.63) is 87.8 Å². The second kappa shape index (κ2) is 12.5. The van der Waals surface area contributed by atoms with Crippen molar-refractivity contribution in [2.75, 3.05) is 10.3 Å². The Labute approximate surface area is 254 Å². The molecule has 5 N–H and O–H groups in total. The highest BCUT2D eigenvalue weighted by Crippen LogP contribution is 2.37. The van der Waals surface area contributed by atoms with Crippen LogP contribution in [0.4, 0.5) is 24.5 Å². The molecule has 4 heterocycles. The summed E-state index contributed by atoms with van der Waals surface area (Å²) in [5, 5.41) is 7.41. The van der Waals surface area contributed by atoms with Crippen molar-refractivity contribution in [2.45, 2.75) is 45.7 Å². The Bertz CT molecular complexity index is 1800. The highest BCUT2D eigenvalue weighted by Gasteiger charge is 2.27. The van der Waals surface area contributed by atoms with Gasteiger partial charge in [0, 0.05) is 35.6 Å². The van der Waals surface area contributed by atoms with Crippen LogP contribution in [0.5, 0.6) is 0 Å². The lowest BCUT2D eigenvalue weighted by Gasteiger charge is -2.23. The number of allylic oxidation sites excluding steroid dienone is 1. The number of alkyl halides is 2. The van der Waals surface area contributed by atoms with Gasteiger partial charge in [0.2, 0.25) is 5.91 Å². The van der Waals surface area contributed by atoms with Crippen molar-refractivity contribution in [1.29, 1.82) is 0 Å². The second-order valence-electron chi connectivity index (χ2n) is 10.5. The van der Waals surface area contributed by atoms with Gasteiger partial charge in [-0.2, -0.15) is 13.9 Å². The smallest absolute Gasteiger partial charge is 0.333 e. The Hall–Kier alpha value is -4.69. The molecule has 15 heteroatoms. The molecule has 5 rings (SSSR count). The Kier molecular flexibility index (Phi) is 8.74. The van der Waals surface area contributed by atoms with Crippen LogP contribution in [-0.4, -0.2) is 30.2 Å². The van der Waals surface area contributed by atoms with Crippen LogP contribution >= 0.6 is 11.6 Å². The van der Waals surface area contributed by atoms with Gasteiger partial charge < -0.3 is 11.1 Å². The summed E-state index contributed by atoms with van der Waals surface area (Å²) in [6.07, 6.45) is 6.58. The number of hydrazine groups is 1. The average molecular weight is 628 g/mol. The lowest BCUT2D eigenvalue weighted by Crippen LogP contribution is -2.28. The number of benzene rings is 1. The summed E-state index contributed by atoms with van der Waals surface area (Å²) in [5.41, 5.74) is 6.45. The molecule has 2 atom stereocenters. The van der Waals surface area contributed by atoms with Crippen molar-refractivity contribution >= 4 is 28.9 Å². The maximum atomic E-state index is 15.4. The van der Waals surface area contributed by atoms with Crippen molar-refractivity contribution in [1.82, 2.24) is 24.3 Å². The van der Waals surface area contributed by atoms with E-state index in [0.717, 1.165) is 11.1 Å². The van der Waals surface area contributed by atoms with Gasteiger partial charge in [-0.1, -0.05) is 24.9 Å². The van der Waals surface area contributed by atoms with Crippen LogP contribution in [0.1, 0.15) is 51.4 Å². The SMILES string of the molecule is C/C(N)=C/N(N)c1ccc(Cl)c(F)c1-c1cc(=O)n(C2CCCC(C)C(=O)Nc3cnn(C(F)F)c3-c3ccnc2c3)cn1. The summed E-state index contributed by atoms with van der Waals surface area (Å²) < 4.78 is 45.0. The molecule has 3 aromatic heterocycles. The molecule has 11 nitrogen and oxygen atoms in total. The summed E-state index contributed by atoms with van der Waals surface area (Å²) in [7, 11) is 0. The van der Waals surface area contributed by atoms with Crippen molar-refractivity contribution in [3.63, 3.8) is 0 Å². The van der Waals surface area contributed by atoms with Gasteiger partial charge >= 0.3 is 6.55 Å². The van der Waals surface area contributed by atoms with Crippen LogP contribution in [0.15, 0.2) is 65.7 Å². The van der Waals surface area contributed by atoms with Crippen molar-refractivity contribution in [2.24, 2.45) is 17.5 Å². The molecule has 1 aliphatic heterocycles. The molecule has 0 saturated carbocycles. The summed E-state index contributed by atoms with van der Waals surface area (Å²) in [4.78, 5) is 35.4. The number of nitrogens with two attached hydrogens (primary N) is 2. The molecule has 2 unspecified atom stereocenters. The molecule has 0 aliphatic carbocycles. The van der Waals surface area contributed by atoms with Gasteiger partial charge in [-0.25, -0.2) is 19.9 Å². The number of pyridine rings is 1.